The van der Waals surface area contributed by atoms with Gasteiger partial charge in [-0.3, -0.25) is 4.79 Å². The second-order valence-electron chi connectivity index (χ2n) is 8.26. The van der Waals surface area contributed by atoms with Crippen LogP contribution in [0.2, 0.25) is 0 Å². The van der Waals surface area contributed by atoms with Crippen LogP contribution in [0.1, 0.15) is 38.5 Å². The number of carbonyl (C=O) groups excluding carboxylic acids is 1. The third kappa shape index (κ3) is 3.20. The Labute approximate surface area is 150 Å². The van der Waals surface area contributed by atoms with Crippen LogP contribution in [0.25, 0.3) is 0 Å². The first kappa shape index (κ1) is 17.3. The number of nitrogens with zero attached hydrogens (tertiary/aromatic N) is 2. The minimum absolute atomic E-state index is 0.0655. The van der Waals surface area contributed by atoms with Crippen molar-refractivity contribution in [1.82, 2.24) is 13.9 Å². The fraction of sp³-hybridized carbons (Fsp3) is 0.833. The van der Waals surface area contributed by atoms with Crippen LogP contribution in [0.3, 0.4) is 0 Å². The molecule has 0 atom stereocenters. The molecular formula is C18H27N3O3S. The van der Waals surface area contributed by atoms with Crippen molar-refractivity contribution in [3.05, 3.63) is 0 Å². The summed E-state index contributed by atoms with van der Waals surface area (Å²) in [6.45, 7) is 0.793. The van der Waals surface area contributed by atoms with Gasteiger partial charge in [0.25, 0.3) is 10.2 Å². The van der Waals surface area contributed by atoms with Crippen molar-refractivity contribution in [2.24, 2.45) is 23.7 Å². The molecule has 0 radical (unpaired) electrons. The van der Waals surface area contributed by atoms with Crippen LogP contribution in [0.5, 0.6) is 0 Å². The Balaban J connectivity index is 1.38. The molecule has 4 aliphatic carbocycles. The molecule has 5 aliphatic rings. The van der Waals surface area contributed by atoms with E-state index in [0.29, 0.717) is 31.3 Å². The van der Waals surface area contributed by atoms with E-state index in [9.17, 15) is 13.2 Å². The lowest BCUT2D eigenvalue weighted by molar-refractivity contribution is -0.125. The molecule has 7 heteroatoms. The third-order valence-electron chi connectivity index (χ3n) is 6.61. The molecule has 0 spiro atoms. The minimum atomic E-state index is -3.62. The zero-order valence-electron chi connectivity index (χ0n) is 14.6. The van der Waals surface area contributed by atoms with Gasteiger partial charge in [-0.05, 0) is 62.2 Å². The third-order valence-corrected chi connectivity index (χ3v) is 8.54. The van der Waals surface area contributed by atoms with Crippen LogP contribution in [0.15, 0.2) is 0 Å². The van der Waals surface area contributed by atoms with E-state index in [1.807, 2.05) is 0 Å². The number of nitrogens with one attached hydrogen (secondary N) is 1. The molecule has 5 fully saturated rings. The number of hydrogen-bond donors (Lipinski definition) is 1. The van der Waals surface area contributed by atoms with Crippen molar-refractivity contribution in [1.29, 1.82) is 0 Å². The zero-order chi connectivity index (χ0) is 17.6. The molecule has 5 rings (SSSR count). The molecule has 25 heavy (non-hydrogen) atoms. The first-order valence-electron chi connectivity index (χ1n) is 9.45. The predicted molar refractivity (Wildman–Crippen MR) is 94.5 cm³/mol. The van der Waals surface area contributed by atoms with E-state index in [1.165, 1.54) is 40.7 Å². The Hall–Kier alpha value is -1.10. The second-order valence-corrected chi connectivity index (χ2v) is 10.2. The number of hydrogen-bond acceptors (Lipinski definition) is 3. The molecule has 0 aromatic carbocycles. The van der Waals surface area contributed by atoms with Crippen molar-refractivity contribution >= 4 is 16.1 Å². The summed E-state index contributed by atoms with van der Waals surface area (Å²) in [5, 5.41) is 3.19. The smallest absolute Gasteiger partial charge is 0.283 e. The highest BCUT2D eigenvalue weighted by atomic mass is 32.2. The highest BCUT2D eigenvalue weighted by Gasteiger charge is 2.48. The summed E-state index contributed by atoms with van der Waals surface area (Å²) < 4.78 is 27.7. The van der Waals surface area contributed by atoms with Gasteiger partial charge >= 0.3 is 0 Å². The van der Waals surface area contributed by atoms with Crippen LogP contribution in [-0.2, 0) is 15.0 Å². The van der Waals surface area contributed by atoms with Gasteiger partial charge in [-0.15, -0.1) is 6.42 Å². The van der Waals surface area contributed by atoms with E-state index in [-0.39, 0.29) is 25.0 Å². The number of carbonyl (C=O) groups is 1. The molecule has 0 aromatic rings. The first-order valence-corrected chi connectivity index (χ1v) is 10.8. The SMILES string of the molecule is C#CCN1CCCN(CC(=O)NC2C3CC4CC(C3)CC2C4)S1(=O)=O. The fourth-order valence-corrected chi connectivity index (χ4v) is 7.36. The van der Waals surface area contributed by atoms with E-state index in [2.05, 4.69) is 11.2 Å². The lowest BCUT2D eigenvalue weighted by Crippen LogP contribution is -2.58. The lowest BCUT2D eigenvalue weighted by Gasteiger charge is -2.54. The highest BCUT2D eigenvalue weighted by molar-refractivity contribution is 7.86. The minimum Gasteiger partial charge on any atom is -0.352 e. The maximum absolute atomic E-state index is 12.6. The van der Waals surface area contributed by atoms with Gasteiger partial charge in [0.2, 0.25) is 5.91 Å². The Morgan fingerprint density at radius 3 is 2.24 bits per heavy atom. The van der Waals surface area contributed by atoms with Gasteiger partial charge in [-0.2, -0.15) is 17.0 Å². The molecule has 1 N–H and O–H groups in total. The molecule has 1 amide bonds. The van der Waals surface area contributed by atoms with Crippen molar-refractivity contribution in [3.8, 4) is 12.3 Å². The quantitative estimate of drug-likeness (QED) is 0.750. The summed E-state index contributed by atoms with van der Waals surface area (Å²) >= 11 is 0. The summed E-state index contributed by atoms with van der Waals surface area (Å²) in [7, 11) is -3.62. The largest absolute Gasteiger partial charge is 0.352 e. The summed E-state index contributed by atoms with van der Waals surface area (Å²) in [5.41, 5.74) is 0. The van der Waals surface area contributed by atoms with Crippen LogP contribution in [0, 0.1) is 36.0 Å². The zero-order valence-corrected chi connectivity index (χ0v) is 15.4. The summed E-state index contributed by atoms with van der Waals surface area (Å²) in [5.74, 6) is 5.12. The van der Waals surface area contributed by atoms with E-state index in [1.54, 1.807) is 0 Å². The van der Waals surface area contributed by atoms with Gasteiger partial charge in [0.1, 0.15) is 0 Å². The standard InChI is InChI=1S/C18H27N3O3S/c1-2-4-20-5-3-6-21(25(20,23)24)12-17(22)19-18-15-8-13-7-14(10-15)11-16(18)9-13/h1,13-16,18H,3-12H2,(H,19,22). The molecule has 0 aromatic heterocycles. The Morgan fingerprint density at radius 2 is 1.64 bits per heavy atom. The van der Waals surface area contributed by atoms with Gasteiger partial charge in [0.05, 0.1) is 13.1 Å². The molecule has 138 valence electrons. The molecule has 4 bridgehead atoms. The van der Waals surface area contributed by atoms with Crippen molar-refractivity contribution in [2.75, 3.05) is 26.2 Å². The van der Waals surface area contributed by atoms with Gasteiger partial charge in [0.15, 0.2) is 0 Å². The van der Waals surface area contributed by atoms with Gasteiger partial charge in [-0.25, -0.2) is 0 Å². The summed E-state index contributed by atoms with van der Waals surface area (Å²) in [4.78, 5) is 12.6. The van der Waals surface area contributed by atoms with Crippen molar-refractivity contribution < 1.29 is 13.2 Å². The average Bonchev–Trinajstić information content (AvgIpc) is 2.54. The number of amides is 1. The second kappa shape index (κ2) is 6.57. The highest BCUT2D eigenvalue weighted by Crippen LogP contribution is 2.53. The van der Waals surface area contributed by atoms with Crippen LogP contribution < -0.4 is 5.32 Å². The van der Waals surface area contributed by atoms with E-state index < -0.39 is 10.2 Å². The van der Waals surface area contributed by atoms with E-state index >= 15 is 0 Å². The Kier molecular flexibility index (Phi) is 4.55. The lowest BCUT2D eigenvalue weighted by atomic mass is 9.54. The fourth-order valence-electron chi connectivity index (χ4n) is 5.79. The summed E-state index contributed by atoms with van der Waals surface area (Å²) in [6.07, 6.45) is 12.3. The maximum Gasteiger partial charge on any atom is 0.283 e. The topological polar surface area (TPSA) is 69.7 Å². The van der Waals surface area contributed by atoms with Gasteiger partial charge in [0, 0.05) is 19.1 Å². The first-order chi connectivity index (χ1) is 12.0. The van der Waals surface area contributed by atoms with Gasteiger partial charge < -0.3 is 5.32 Å². The predicted octanol–water partition coefficient (Wildman–Crippen LogP) is 0.813. The van der Waals surface area contributed by atoms with E-state index in [0.717, 1.165) is 11.8 Å². The molecular weight excluding hydrogens is 338 g/mol. The molecule has 6 nitrogen and oxygen atoms in total. The number of terminal acetylenes is 1. The Bertz CT molecular complexity index is 656. The average molecular weight is 365 g/mol. The molecule has 1 heterocycles. The molecule has 1 aliphatic heterocycles. The molecule has 1 saturated heterocycles. The Morgan fingerprint density at radius 1 is 1.04 bits per heavy atom. The van der Waals surface area contributed by atoms with Crippen LogP contribution in [-0.4, -0.2) is 55.2 Å². The van der Waals surface area contributed by atoms with E-state index in [4.69, 9.17) is 6.42 Å². The van der Waals surface area contributed by atoms with Crippen LogP contribution in [0.4, 0.5) is 0 Å². The summed E-state index contributed by atoms with van der Waals surface area (Å²) in [6, 6.07) is 0.245. The molecule has 4 saturated carbocycles. The maximum atomic E-state index is 12.6. The van der Waals surface area contributed by atoms with Crippen molar-refractivity contribution in [3.63, 3.8) is 0 Å². The van der Waals surface area contributed by atoms with Gasteiger partial charge in [-0.1, -0.05) is 5.92 Å². The van der Waals surface area contributed by atoms with Crippen molar-refractivity contribution in [2.45, 2.75) is 44.6 Å². The molecule has 0 unspecified atom stereocenters. The monoisotopic (exact) mass is 365 g/mol. The normalized spacial score (nSPS) is 39.9. The van der Waals surface area contributed by atoms with Crippen LogP contribution >= 0.6 is 0 Å². The number of rotatable bonds is 4.